The maximum absolute atomic E-state index is 12.3. The summed E-state index contributed by atoms with van der Waals surface area (Å²) in [6.07, 6.45) is 3.83. The zero-order valence-electron chi connectivity index (χ0n) is 19.1. The Hall–Kier alpha value is -3.39. The summed E-state index contributed by atoms with van der Waals surface area (Å²) >= 11 is 0. The van der Waals surface area contributed by atoms with Crippen molar-refractivity contribution in [2.45, 2.75) is 51.3 Å². The van der Waals surface area contributed by atoms with Crippen LogP contribution in [0.4, 0.5) is 10.6 Å². The Morgan fingerprint density at radius 3 is 2.91 bits per heavy atom. The van der Waals surface area contributed by atoms with Crippen LogP contribution in [0.1, 0.15) is 45.3 Å². The van der Waals surface area contributed by atoms with Crippen LogP contribution in [-0.2, 0) is 9.53 Å². The fourth-order valence-corrected chi connectivity index (χ4v) is 4.42. The number of likely N-dealkylation sites (N-methyl/N-ethyl adjacent to an activating group) is 1. The second kappa shape index (κ2) is 11.0. The number of anilines is 1. The number of carboxylic acid groups (broad SMARTS) is 1. The van der Waals surface area contributed by atoms with Gasteiger partial charge in [0.05, 0.1) is 17.5 Å². The van der Waals surface area contributed by atoms with Gasteiger partial charge in [-0.25, -0.2) is 14.8 Å². The second-order valence-electron chi connectivity index (χ2n) is 8.40. The Morgan fingerprint density at radius 2 is 2.21 bits per heavy atom. The minimum absolute atomic E-state index is 0.0125. The summed E-state index contributed by atoms with van der Waals surface area (Å²) in [5, 5.41) is 18.9. The number of nitrogens with zero attached hydrogens (tertiary/aromatic N) is 6. The summed E-state index contributed by atoms with van der Waals surface area (Å²) < 4.78 is 6.86. The molecule has 11 nitrogen and oxygen atoms in total. The molecule has 0 spiro atoms. The van der Waals surface area contributed by atoms with Crippen LogP contribution < -0.4 is 10.6 Å². The Morgan fingerprint density at radius 1 is 1.42 bits per heavy atom. The van der Waals surface area contributed by atoms with Gasteiger partial charge in [0.15, 0.2) is 6.23 Å². The first kappa shape index (κ1) is 24.3. The molecule has 0 saturated carbocycles. The first-order valence-electron chi connectivity index (χ1n) is 11.2. The number of rotatable bonds is 9. The molecule has 33 heavy (non-hydrogen) atoms. The molecule has 1 saturated heterocycles. The number of amides is 1. The van der Waals surface area contributed by atoms with Crippen LogP contribution in [0.2, 0.25) is 0 Å². The molecule has 3 heterocycles. The molecule has 1 aliphatic heterocycles. The molecular formula is C22H31N7O4. The average molecular weight is 458 g/mol. The van der Waals surface area contributed by atoms with Gasteiger partial charge in [-0.05, 0) is 37.8 Å². The summed E-state index contributed by atoms with van der Waals surface area (Å²) in [4.78, 5) is 36.2. The third-order valence-electron chi connectivity index (χ3n) is 6.27. The second-order valence-corrected chi connectivity index (χ2v) is 8.40. The maximum atomic E-state index is 12.3. The molecule has 1 amide bonds. The molecular weight excluding hydrogens is 426 g/mol. The van der Waals surface area contributed by atoms with E-state index in [0.29, 0.717) is 43.4 Å². The molecule has 11 heteroatoms. The van der Waals surface area contributed by atoms with Crippen molar-refractivity contribution in [1.29, 1.82) is 5.26 Å². The Kier molecular flexibility index (Phi) is 8.06. The smallest absolute Gasteiger partial charge is 0.450 e. The molecule has 0 aliphatic carbocycles. The van der Waals surface area contributed by atoms with Gasteiger partial charge < -0.3 is 25.4 Å². The minimum Gasteiger partial charge on any atom is -0.450 e. The quantitative estimate of drug-likeness (QED) is 0.427. The third kappa shape index (κ3) is 5.51. The van der Waals surface area contributed by atoms with E-state index in [1.807, 2.05) is 24.1 Å². The molecule has 1 unspecified atom stereocenters. The fraction of sp³-hybridized carbons (Fsp3) is 0.591. The summed E-state index contributed by atoms with van der Waals surface area (Å²) in [5.41, 5.74) is 6.15. The zero-order chi connectivity index (χ0) is 24.0. The lowest BCUT2D eigenvalue weighted by molar-refractivity contribution is -0.131. The number of hydrogen-bond donors (Lipinski definition) is 2. The minimum atomic E-state index is -1.35. The van der Waals surface area contributed by atoms with E-state index < -0.39 is 12.4 Å². The normalized spacial score (nSPS) is 19.2. The fourth-order valence-electron chi connectivity index (χ4n) is 4.42. The summed E-state index contributed by atoms with van der Waals surface area (Å²) in [6, 6.07) is 3.80. The number of fused-ring (bicyclic) bond motifs is 1. The van der Waals surface area contributed by atoms with E-state index in [1.165, 1.54) is 6.33 Å². The molecule has 0 radical (unpaired) electrons. The molecule has 1 fully saturated rings. The Bertz CT molecular complexity index is 1020. The molecule has 178 valence electrons. The number of ether oxygens (including phenoxy) is 1. The van der Waals surface area contributed by atoms with E-state index in [0.717, 1.165) is 24.6 Å². The van der Waals surface area contributed by atoms with Crippen LogP contribution in [0.5, 0.6) is 0 Å². The van der Waals surface area contributed by atoms with E-state index in [4.69, 9.17) is 15.7 Å². The maximum Gasteiger partial charge on any atom is 0.507 e. The highest BCUT2D eigenvalue weighted by atomic mass is 16.7. The van der Waals surface area contributed by atoms with Gasteiger partial charge in [-0.1, -0.05) is 6.92 Å². The van der Waals surface area contributed by atoms with E-state index >= 15 is 0 Å². The monoisotopic (exact) mass is 457 g/mol. The van der Waals surface area contributed by atoms with Gasteiger partial charge in [0.2, 0.25) is 5.91 Å². The average Bonchev–Trinajstić information content (AvgIpc) is 3.22. The Labute approximate surface area is 192 Å². The topological polar surface area (TPSA) is 151 Å². The standard InChI is InChI=1S/C22H31N7O4/c1-15-7-11-28(18(30)6-10-24)13-17(15)27(2)20-16-8-12-29(21(16)26-14-25-20)19(33-22(31)32)5-3-4-9-23/h8,12,14-15,17,19H,3-7,9,11,13,23H2,1-2H3,(H,31,32)/t15-,17+,19?/m1/s1. The van der Waals surface area contributed by atoms with E-state index in [9.17, 15) is 14.7 Å². The van der Waals surface area contributed by atoms with Gasteiger partial charge in [-0.2, -0.15) is 5.26 Å². The predicted octanol–water partition coefficient (Wildman–Crippen LogP) is 2.34. The van der Waals surface area contributed by atoms with Crippen LogP contribution >= 0.6 is 0 Å². The highest BCUT2D eigenvalue weighted by Crippen LogP contribution is 2.31. The van der Waals surface area contributed by atoms with Crippen LogP contribution in [-0.4, -0.2) is 69.3 Å². The number of piperidine rings is 1. The number of carbonyl (C=O) groups excluding carboxylic acids is 1. The number of nitrogens with two attached hydrogens (primary N) is 1. The number of hydrogen-bond acceptors (Lipinski definition) is 8. The van der Waals surface area contributed by atoms with Crippen molar-refractivity contribution in [1.82, 2.24) is 19.4 Å². The molecule has 0 bridgehead atoms. The van der Waals surface area contributed by atoms with E-state index in [1.54, 1.807) is 15.7 Å². The van der Waals surface area contributed by atoms with Crippen molar-refractivity contribution in [2.24, 2.45) is 11.7 Å². The van der Waals surface area contributed by atoms with Crippen LogP contribution in [0, 0.1) is 17.2 Å². The van der Waals surface area contributed by atoms with Gasteiger partial charge in [0, 0.05) is 32.8 Å². The number of nitriles is 1. The van der Waals surface area contributed by atoms with Crippen molar-refractivity contribution in [3.63, 3.8) is 0 Å². The number of carbonyl (C=O) groups is 2. The van der Waals surface area contributed by atoms with Gasteiger partial charge in [-0.3, -0.25) is 9.36 Å². The largest absolute Gasteiger partial charge is 0.507 e. The third-order valence-corrected chi connectivity index (χ3v) is 6.27. The van der Waals surface area contributed by atoms with E-state index in [-0.39, 0.29) is 18.4 Å². The lowest BCUT2D eigenvalue weighted by atomic mass is 9.92. The number of unbranched alkanes of at least 4 members (excludes halogenated alkanes) is 1. The van der Waals surface area contributed by atoms with Gasteiger partial charge >= 0.3 is 6.16 Å². The van der Waals surface area contributed by atoms with Gasteiger partial charge in [-0.15, -0.1) is 0 Å². The van der Waals surface area contributed by atoms with Crippen LogP contribution in [0.25, 0.3) is 11.0 Å². The molecule has 1 aliphatic rings. The lowest BCUT2D eigenvalue weighted by Gasteiger charge is -2.42. The summed E-state index contributed by atoms with van der Waals surface area (Å²) in [6.45, 7) is 3.81. The number of likely N-dealkylation sites (tertiary alicyclic amines) is 1. The number of aromatic nitrogens is 3. The zero-order valence-corrected chi connectivity index (χ0v) is 19.1. The van der Waals surface area contributed by atoms with Crippen molar-refractivity contribution < 1.29 is 19.4 Å². The first-order chi connectivity index (χ1) is 15.9. The molecule has 3 rings (SSSR count). The predicted molar refractivity (Wildman–Crippen MR) is 121 cm³/mol. The molecule has 3 N–H and O–H groups in total. The first-order valence-corrected chi connectivity index (χ1v) is 11.2. The van der Waals surface area contributed by atoms with E-state index in [2.05, 4.69) is 16.9 Å². The highest BCUT2D eigenvalue weighted by Gasteiger charge is 2.33. The molecule has 0 aromatic carbocycles. The van der Waals surface area contributed by atoms with Gasteiger partial charge in [0.1, 0.15) is 24.2 Å². The summed E-state index contributed by atoms with van der Waals surface area (Å²) in [7, 11) is 1.94. The van der Waals surface area contributed by atoms with Crippen LogP contribution in [0.15, 0.2) is 18.6 Å². The molecule has 3 atom stereocenters. The Balaban J connectivity index is 1.89. The molecule has 2 aromatic rings. The van der Waals surface area contributed by atoms with Crippen molar-refractivity contribution in [2.75, 3.05) is 31.6 Å². The van der Waals surface area contributed by atoms with Crippen LogP contribution in [0.3, 0.4) is 0 Å². The van der Waals surface area contributed by atoms with Crippen molar-refractivity contribution in [3.8, 4) is 6.07 Å². The highest BCUT2D eigenvalue weighted by molar-refractivity contribution is 5.88. The SMILES string of the molecule is C[C@@H]1CCN(C(=O)CC#N)C[C@@H]1N(C)c1ncnc2c1ccn2C(CCCCN)OC(=O)O. The molecule has 2 aromatic heterocycles. The van der Waals surface area contributed by atoms with Crippen molar-refractivity contribution in [3.05, 3.63) is 18.6 Å². The lowest BCUT2D eigenvalue weighted by Crippen LogP contribution is -2.52. The van der Waals surface area contributed by atoms with Crippen molar-refractivity contribution >= 4 is 28.9 Å². The summed E-state index contributed by atoms with van der Waals surface area (Å²) in [5.74, 6) is 0.849. The van der Waals surface area contributed by atoms with Gasteiger partial charge in [0.25, 0.3) is 0 Å².